The van der Waals surface area contributed by atoms with Crippen molar-refractivity contribution in [3.8, 4) is 11.1 Å². The predicted octanol–water partition coefficient (Wildman–Crippen LogP) is 7.36. The number of pyridine rings is 1. The van der Waals surface area contributed by atoms with E-state index in [9.17, 15) is 0 Å². The van der Waals surface area contributed by atoms with Gasteiger partial charge in [-0.3, -0.25) is 4.98 Å². The van der Waals surface area contributed by atoms with Crippen LogP contribution in [0.25, 0.3) is 11.1 Å². The molecule has 0 radical (unpaired) electrons. The van der Waals surface area contributed by atoms with E-state index in [1.807, 2.05) is 18.5 Å². The first-order valence-corrected chi connectivity index (χ1v) is 11.3. The van der Waals surface area contributed by atoms with Crippen molar-refractivity contribution in [2.75, 3.05) is 4.90 Å². The van der Waals surface area contributed by atoms with Crippen LogP contribution in [-0.2, 0) is 6.54 Å². The van der Waals surface area contributed by atoms with Gasteiger partial charge in [0.15, 0.2) is 0 Å². The molecule has 0 saturated carbocycles. The van der Waals surface area contributed by atoms with Gasteiger partial charge in [0.05, 0.1) is 12.2 Å². The number of nitrogens with zero attached hydrogens (tertiary/aromatic N) is 3. The smallest absolute Gasteiger partial charge is 0.142 e. The molecule has 0 N–H and O–H groups in total. The molecule has 3 heteroatoms. The van der Waals surface area contributed by atoms with Crippen molar-refractivity contribution in [1.82, 2.24) is 4.98 Å². The highest BCUT2D eigenvalue weighted by Gasteiger charge is 2.23. The fraction of sp³-hybridized carbons (Fsp3) is 0.172. The van der Waals surface area contributed by atoms with Gasteiger partial charge >= 0.3 is 0 Å². The number of amidine groups is 1. The molecule has 1 aliphatic heterocycles. The van der Waals surface area contributed by atoms with E-state index < -0.39 is 0 Å². The maximum absolute atomic E-state index is 5.08. The number of aromatic nitrogens is 1. The largest absolute Gasteiger partial charge is 0.321 e. The Bertz CT molecular complexity index is 1240. The minimum atomic E-state index is 0.561. The van der Waals surface area contributed by atoms with E-state index in [2.05, 4.69) is 103 Å². The van der Waals surface area contributed by atoms with Crippen molar-refractivity contribution in [1.29, 1.82) is 0 Å². The summed E-state index contributed by atoms with van der Waals surface area (Å²) in [6, 6.07) is 29.9. The van der Waals surface area contributed by atoms with Crippen LogP contribution in [0, 0.1) is 0 Å². The molecule has 3 nitrogen and oxygen atoms in total. The molecule has 5 rings (SSSR count). The van der Waals surface area contributed by atoms with Crippen LogP contribution in [0.5, 0.6) is 0 Å². The topological polar surface area (TPSA) is 28.5 Å². The van der Waals surface area contributed by atoms with Crippen molar-refractivity contribution in [2.45, 2.75) is 32.7 Å². The lowest BCUT2D eigenvalue weighted by atomic mass is 9.98. The molecule has 1 aromatic heterocycles. The summed E-state index contributed by atoms with van der Waals surface area (Å²) in [6.07, 6.45) is 4.97. The Morgan fingerprint density at radius 1 is 0.812 bits per heavy atom. The molecule has 4 aromatic rings. The average Bonchev–Trinajstić information content (AvgIpc) is 2.88. The van der Waals surface area contributed by atoms with Crippen LogP contribution in [0.4, 0.5) is 11.4 Å². The van der Waals surface area contributed by atoms with Crippen LogP contribution < -0.4 is 4.90 Å². The standard InChI is InChI=1S/C29H27N3/c1-3-21(2)22-13-15-27(16-14-22)32-20-24-11-7-8-12-28(24)31-29(32)26-17-25(18-30-19-26)23-9-5-4-6-10-23/h4-19,21H,3,20H2,1-2H3. The Morgan fingerprint density at radius 3 is 2.31 bits per heavy atom. The first-order valence-electron chi connectivity index (χ1n) is 11.3. The average molecular weight is 418 g/mol. The first kappa shape index (κ1) is 20.2. The molecular formula is C29H27N3. The van der Waals surface area contributed by atoms with Gasteiger partial charge in [0.1, 0.15) is 5.84 Å². The van der Waals surface area contributed by atoms with E-state index in [0.717, 1.165) is 46.9 Å². The van der Waals surface area contributed by atoms with Gasteiger partial charge in [0.25, 0.3) is 0 Å². The van der Waals surface area contributed by atoms with E-state index in [0.29, 0.717) is 5.92 Å². The zero-order valence-corrected chi connectivity index (χ0v) is 18.6. The number of aliphatic imine (C=N–C) groups is 1. The highest BCUT2D eigenvalue weighted by Crippen LogP contribution is 2.33. The molecule has 0 amide bonds. The van der Waals surface area contributed by atoms with E-state index in [1.165, 1.54) is 11.1 Å². The van der Waals surface area contributed by atoms with Gasteiger partial charge in [-0.05, 0) is 53.3 Å². The summed E-state index contributed by atoms with van der Waals surface area (Å²) in [7, 11) is 0. The fourth-order valence-corrected chi connectivity index (χ4v) is 4.18. The molecule has 0 saturated heterocycles. The second-order valence-electron chi connectivity index (χ2n) is 8.38. The maximum Gasteiger partial charge on any atom is 0.142 e. The zero-order valence-electron chi connectivity index (χ0n) is 18.6. The van der Waals surface area contributed by atoms with Crippen molar-refractivity contribution in [3.05, 3.63) is 114 Å². The third kappa shape index (κ3) is 3.94. The summed E-state index contributed by atoms with van der Waals surface area (Å²) in [4.78, 5) is 11.9. The number of hydrogen-bond acceptors (Lipinski definition) is 3. The summed E-state index contributed by atoms with van der Waals surface area (Å²) < 4.78 is 0. The van der Waals surface area contributed by atoms with Crippen LogP contribution >= 0.6 is 0 Å². The van der Waals surface area contributed by atoms with Crippen LogP contribution in [0.2, 0.25) is 0 Å². The lowest BCUT2D eigenvalue weighted by molar-refractivity contribution is 0.733. The first-order chi connectivity index (χ1) is 15.7. The molecule has 0 bridgehead atoms. The molecular weight excluding hydrogens is 390 g/mol. The van der Waals surface area contributed by atoms with E-state index in [-0.39, 0.29) is 0 Å². The molecule has 1 unspecified atom stereocenters. The SMILES string of the molecule is CCC(C)c1ccc(N2Cc3ccccc3N=C2c2cncc(-c3ccccc3)c2)cc1. The predicted molar refractivity (Wildman–Crippen MR) is 134 cm³/mol. The second-order valence-corrected chi connectivity index (χ2v) is 8.38. The van der Waals surface area contributed by atoms with Gasteiger partial charge in [0.2, 0.25) is 0 Å². The van der Waals surface area contributed by atoms with Crippen molar-refractivity contribution in [3.63, 3.8) is 0 Å². The molecule has 3 aromatic carbocycles. The Labute approximate surface area is 190 Å². The number of benzene rings is 3. The Kier molecular flexibility index (Phi) is 5.55. The minimum Gasteiger partial charge on any atom is -0.321 e. The Balaban J connectivity index is 1.58. The van der Waals surface area contributed by atoms with Gasteiger partial charge in [-0.1, -0.05) is 74.5 Å². The molecule has 158 valence electrons. The van der Waals surface area contributed by atoms with E-state index in [4.69, 9.17) is 4.99 Å². The Morgan fingerprint density at radius 2 is 1.53 bits per heavy atom. The monoisotopic (exact) mass is 417 g/mol. The van der Waals surface area contributed by atoms with Crippen LogP contribution in [0.1, 0.15) is 42.9 Å². The van der Waals surface area contributed by atoms with Gasteiger partial charge < -0.3 is 4.90 Å². The van der Waals surface area contributed by atoms with Crippen LogP contribution in [0.3, 0.4) is 0 Å². The fourth-order valence-electron chi connectivity index (χ4n) is 4.18. The lowest BCUT2D eigenvalue weighted by Crippen LogP contribution is -2.33. The molecule has 0 aliphatic carbocycles. The van der Waals surface area contributed by atoms with Crippen LogP contribution in [0.15, 0.2) is 102 Å². The summed E-state index contributed by atoms with van der Waals surface area (Å²) >= 11 is 0. The zero-order chi connectivity index (χ0) is 21.9. The van der Waals surface area contributed by atoms with Crippen molar-refractivity contribution >= 4 is 17.2 Å². The maximum atomic E-state index is 5.08. The molecule has 0 spiro atoms. The summed E-state index contributed by atoms with van der Waals surface area (Å²) in [5.41, 5.74) is 8.05. The van der Waals surface area contributed by atoms with E-state index >= 15 is 0 Å². The highest BCUT2D eigenvalue weighted by atomic mass is 15.2. The van der Waals surface area contributed by atoms with E-state index in [1.54, 1.807) is 0 Å². The van der Waals surface area contributed by atoms with Crippen molar-refractivity contribution < 1.29 is 0 Å². The van der Waals surface area contributed by atoms with Crippen molar-refractivity contribution in [2.24, 2.45) is 4.99 Å². The molecule has 1 atom stereocenters. The lowest BCUT2D eigenvalue weighted by Gasteiger charge is -2.31. The third-order valence-electron chi connectivity index (χ3n) is 6.29. The third-order valence-corrected chi connectivity index (χ3v) is 6.29. The quantitative estimate of drug-likeness (QED) is 0.339. The van der Waals surface area contributed by atoms with Gasteiger partial charge in [-0.25, -0.2) is 4.99 Å². The van der Waals surface area contributed by atoms with Crippen LogP contribution in [-0.4, -0.2) is 10.8 Å². The molecule has 2 heterocycles. The number of para-hydroxylation sites is 1. The number of rotatable bonds is 5. The van der Waals surface area contributed by atoms with Gasteiger partial charge in [0, 0.05) is 29.2 Å². The summed E-state index contributed by atoms with van der Waals surface area (Å²) in [5.74, 6) is 1.50. The molecule has 32 heavy (non-hydrogen) atoms. The summed E-state index contributed by atoms with van der Waals surface area (Å²) in [5, 5.41) is 0. The second kappa shape index (κ2) is 8.80. The number of hydrogen-bond donors (Lipinski definition) is 0. The van der Waals surface area contributed by atoms with Gasteiger partial charge in [-0.15, -0.1) is 0 Å². The molecule has 0 fully saturated rings. The normalized spacial score (nSPS) is 13.9. The minimum absolute atomic E-state index is 0.561. The number of fused-ring (bicyclic) bond motifs is 1. The highest BCUT2D eigenvalue weighted by molar-refractivity contribution is 6.12. The Hall–Kier alpha value is -3.72. The van der Waals surface area contributed by atoms with Gasteiger partial charge in [-0.2, -0.15) is 0 Å². The summed E-state index contributed by atoms with van der Waals surface area (Å²) in [6.45, 7) is 5.30. The number of anilines is 1. The molecule has 1 aliphatic rings.